The molecule has 6 aromatic rings. The molecule has 0 bridgehead atoms. The molecule has 6 aromatic carbocycles. The second-order valence-electron chi connectivity index (χ2n) is 11.5. The predicted molar refractivity (Wildman–Crippen MR) is 187 cm³/mol. The van der Waals surface area contributed by atoms with E-state index >= 15 is 0 Å². The molecule has 0 saturated carbocycles. The Bertz CT molecular complexity index is 1730. The van der Waals surface area contributed by atoms with Crippen molar-refractivity contribution < 1.29 is 0 Å². The fourth-order valence-corrected chi connectivity index (χ4v) is 5.84. The second-order valence-corrected chi connectivity index (χ2v) is 11.5. The lowest BCUT2D eigenvalue weighted by molar-refractivity contribution is 0.693. The molecule has 0 spiro atoms. The van der Waals surface area contributed by atoms with E-state index in [1.54, 1.807) is 0 Å². The normalized spacial score (nSPS) is 12.4. The topological polar surface area (TPSA) is 104 Å². The van der Waals surface area contributed by atoms with Crippen LogP contribution in [0.4, 0.5) is 22.7 Å². The molecule has 0 fully saturated rings. The molecule has 0 amide bonds. The quantitative estimate of drug-likeness (QED) is 0.118. The zero-order chi connectivity index (χ0) is 31.2. The molecule has 0 saturated heterocycles. The van der Waals surface area contributed by atoms with Crippen molar-refractivity contribution in [1.29, 1.82) is 0 Å². The first-order valence-electron chi connectivity index (χ1n) is 14.8. The van der Waals surface area contributed by atoms with Gasteiger partial charge in [0.1, 0.15) is 0 Å². The third-order valence-corrected chi connectivity index (χ3v) is 8.63. The number of rotatable bonds is 6. The van der Waals surface area contributed by atoms with Gasteiger partial charge in [0.2, 0.25) is 0 Å². The highest BCUT2D eigenvalue weighted by Gasteiger charge is 2.32. The third kappa shape index (κ3) is 6.16. The molecular weight excluding hydrogens is 536 g/mol. The van der Waals surface area contributed by atoms with Gasteiger partial charge in [0, 0.05) is 33.6 Å². The first-order chi connectivity index (χ1) is 21.2. The largest absolute Gasteiger partial charge is 0.399 e. The average molecular weight is 577 g/mol. The van der Waals surface area contributed by atoms with Crippen molar-refractivity contribution in [3.63, 3.8) is 0 Å². The molecule has 0 aliphatic rings. The number of hydrogen-bond donors (Lipinski definition) is 4. The standard InChI is InChI=1S/2C20H20N2/c1-20(15-6-3-2-4-7-15,16-10-12-18(21)13-11-16)17-8-5-9-19(22)14-17;1-20(15-5-3-2-4-6-15,16-7-11-18(21)12-8-16)17-9-13-19(22)14-10-17/h2*2-14H,21-22H2,1H3. The number of hydrogen-bond acceptors (Lipinski definition) is 4. The van der Waals surface area contributed by atoms with Crippen LogP contribution in [-0.4, -0.2) is 0 Å². The Morgan fingerprint density at radius 2 is 0.591 bits per heavy atom. The fraction of sp³-hybridized carbons (Fsp3) is 0.100. The van der Waals surface area contributed by atoms with Gasteiger partial charge in [-0.05, 0) is 95.8 Å². The Morgan fingerprint density at radius 3 is 0.932 bits per heavy atom. The van der Waals surface area contributed by atoms with Gasteiger partial charge in [0.05, 0.1) is 0 Å². The maximum atomic E-state index is 6.02. The summed E-state index contributed by atoms with van der Waals surface area (Å²) < 4.78 is 0. The van der Waals surface area contributed by atoms with Crippen molar-refractivity contribution in [3.05, 3.63) is 191 Å². The molecule has 8 N–H and O–H groups in total. The highest BCUT2D eigenvalue weighted by atomic mass is 14.6. The van der Waals surface area contributed by atoms with Crippen molar-refractivity contribution in [1.82, 2.24) is 0 Å². The number of nitrogens with two attached hydrogens (primary N) is 4. The summed E-state index contributed by atoms with van der Waals surface area (Å²) >= 11 is 0. The summed E-state index contributed by atoms with van der Waals surface area (Å²) in [7, 11) is 0. The van der Waals surface area contributed by atoms with Crippen molar-refractivity contribution in [2.45, 2.75) is 24.7 Å². The van der Waals surface area contributed by atoms with Gasteiger partial charge in [-0.15, -0.1) is 0 Å². The molecule has 6 rings (SSSR count). The van der Waals surface area contributed by atoms with E-state index in [9.17, 15) is 0 Å². The van der Waals surface area contributed by atoms with Crippen LogP contribution in [0.5, 0.6) is 0 Å². The molecule has 0 aliphatic carbocycles. The van der Waals surface area contributed by atoms with E-state index in [0.29, 0.717) is 0 Å². The molecule has 0 radical (unpaired) electrons. The molecule has 1 unspecified atom stereocenters. The molecule has 1 atom stereocenters. The Hall–Kier alpha value is -5.48. The minimum absolute atomic E-state index is 0.247. The smallest absolute Gasteiger partial charge is 0.0424 e. The molecule has 0 heterocycles. The van der Waals surface area contributed by atoms with Gasteiger partial charge >= 0.3 is 0 Å². The van der Waals surface area contributed by atoms with Crippen LogP contribution in [0.3, 0.4) is 0 Å². The predicted octanol–water partition coefficient (Wildman–Crippen LogP) is 8.41. The number of anilines is 4. The van der Waals surface area contributed by atoms with Crippen molar-refractivity contribution in [2.75, 3.05) is 22.9 Å². The van der Waals surface area contributed by atoms with E-state index in [0.717, 1.165) is 22.7 Å². The summed E-state index contributed by atoms with van der Waals surface area (Å²) in [6.45, 7) is 4.46. The molecular formula is C40H40N4. The SMILES string of the molecule is CC(c1ccccc1)(c1ccc(N)cc1)c1ccc(N)cc1.CC(c1ccccc1)(c1ccc(N)cc1)c1cccc(N)c1. The lowest BCUT2D eigenvalue weighted by Gasteiger charge is -2.32. The van der Waals surface area contributed by atoms with Gasteiger partial charge < -0.3 is 22.9 Å². The summed E-state index contributed by atoms with van der Waals surface area (Å²) in [5.41, 5.74) is 33.4. The van der Waals surface area contributed by atoms with Crippen molar-refractivity contribution in [2.24, 2.45) is 0 Å². The number of benzene rings is 6. The highest BCUT2D eigenvalue weighted by Crippen LogP contribution is 2.40. The molecule has 220 valence electrons. The van der Waals surface area contributed by atoms with E-state index in [2.05, 4.69) is 105 Å². The summed E-state index contributed by atoms with van der Waals surface area (Å²) in [5, 5.41) is 0. The van der Waals surface area contributed by atoms with Gasteiger partial charge in [-0.1, -0.05) is 109 Å². The van der Waals surface area contributed by atoms with Gasteiger partial charge in [0.15, 0.2) is 0 Å². The Kier molecular flexibility index (Phi) is 8.73. The average Bonchev–Trinajstić information content (AvgIpc) is 3.06. The van der Waals surface area contributed by atoms with Crippen LogP contribution in [-0.2, 0) is 10.8 Å². The van der Waals surface area contributed by atoms with Crippen molar-refractivity contribution >= 4 is 22.7 Å². The minimum atomic E-state index is -0.273. The van der Waals surface area contributed by atoms with E-state index in [4.69, 9.17) is 22.9 Å². The van der Waals surface area contributed by atoms with E-state index in [1.807, 2.05) is 66.7 Å². The third-order valence-electron chi connectivity index (χ3n) is 8.63. The van der Waals surface area contributed by atoms with Crippen LogP contribution in [0.25, 0.3) is 0 Å². The first kappa shape index (κ1) is 30.0. The summed E-state index contributed by atoms with van der Waals surface area (Å²) in [4.78, 5) is 0. The van der Waals surface area contributed by atoms with Gasteiger partial charge in [-0.25, -0.2) is 0 Å². The second kappa shape index (κ2) is 12.8. The molecule has 0 aromatic heterocycles. The summed E-state index contributed by atoms with van der Waals surface area (Å²) in [6.07, 6.45) is 0. The van der Waals surface area contributed by atoms with Crippen LogP contribution in [0, 0.1) is 0 Å². The lowest BCUT2D eigenvalue weighted by Crippen LogP contribution is -2.25. The zero-order valence-corrected chi connectivity index (χ0v) is 25.3. The fourth-order valence-electron chi connectivity index (χ4n) is 5.84. The summed E-state index contributed by atoms with van der Waals surface area (Å²) in [6, 6.07) is 53.3. The van der Waals surface area contributed by atoms with Crippen LogP contribution in [0.2, 0.25) is 0 Å². The lowest BCUT2D eigenvalue weighted by atomic mass is 9.71. The number of nitrogen functional groups attached to an aromatic ring is 4. The van der Waals surface area contributed by atoms with Gasteiger partial charge in [-0.2, -0.15) is 0 Å². The van der Waals surface area contributed by atoms with Crippen LogP contribution in [0.15, 0.2) is 158 Å². The van der Waals surface area contributed by atoms with Crippen LogP contribution >= 0.6 is 0 Å². The Balaban J connectivity index is 0.000000175. The maximum absolute atomic E-state index is 6.02. The Labute approximate surface area is 261 Å². The van der Waals surface area contributed by atoms with Crippen LogP contribution < -0.4 is 22.9 Å². The van der Waals surface area contributed by atoms with Crippen molar-refractivity contribution in [3.8, 4) is 0 Å². The molecule has 4 heteroatoms. The molecule has 0 aliphatic heterocycles. The first-order valence-corrected chi connectivity index (χ1v) is 14.8. The van der Waals surface area contributed by atoms with E-state index < -0.39 is 0 Å². The summed E-state index contributed by atoms with van der Waals surface area (Å²) in [5.74, 6) is 0. The van der Waals surface area contributed by atoms with Gasteiger partial charge in [-0.3, -0.25) is 0 Å². The van der Waals surface area contributed by atoms with E-state index in [1.165, 1.54) is 33.4 Å². The monoisotopic (exact) mass is 576 g/mol. The maximum Gasteiger partial charge on any atom is 0.0424 e. The molecule has 44 heavy (non-hydrogen) atoms. The highest BCUT2D eigenvalue weighted by molar-refractivity contribution is 5.56. The Morgan fingerprint density at radius 1 is 0.295 bits per heavy atom. The van der Waals surface area contributed by atoms with Crippen LogP contribution in [0.1, 0.15) is 47.2 Å². The minimum Gasteiger partial charge on any atom is -0.399 e. The molecule has 4 nitrogen and oxygen atoms in total. The van der Waals surface area contributed by atoms with Gasteiger partial charge in [0.25, 0.3) is 0 Å². The van der Waals surface area contributed by atoms with E-state index in [-0.39, 0.29) is 10.8 Å². The zero-order valence-electron chi connectivity index (χ0n) is 25.3.